The van der Waals surface area contributed by atoms with E-state index >= 15 is 0 Å². The largest absolute Gasteiger partial charge is 0.233 e. The molecule has 0 unspecified atom stereocenters. The van der Waals surface area contributed by atoms with Gasteiger partial charge in [0, 0.05) is 16.9 Å². The van der Waals surface area contributed by atoms with Crippen molar-refractivity contribution in [1.29, 1.82) is 0 Å². The number of pyridine rings is 1. The van der Waals surface area contributed by atoms with Crippen LogP contribution in [0.3, 0.4) is 0 Å². The van der Waals surface area contributed by atoms with Crippen molar-refractivity contribution >= 4 is 31.9 Å². The van der Waals surface area contributed by atoms with Gasteiger partial charge in [0.15, 0.2) is 11.6 Å². The summed E-state index contributed by atoms with van der Waals surface area (Å²) in [5.41, 5.74) is 0. The highest BCUT2D eigenvalue weighted by atomic mass is 79.9. The Labute approximate surface area is 96.2 Å². The maximum atomic E-state index is 13.4. The van der Waals surface area contributed by atoms with E-state index in [-0.39, 0.29) is 5.82 Å². The minimum Gasteiger partial charge on any atom is -0.233 e. The molecular formula is C8H4Br2FN3. The molecule has 0 amide bonds. The molecule has 2 heterocycles. The van der Waals surface area contributed by atoms with Crippen LogP contribution in [0.1, 0.15) is 0 Å². The maximum absolute atomic E-state index is 13.4. The van der Waals surface area contributed by atoms with Crippen molar-refractivity contribution < 1.29 is 4.39 Å². The molecule has 0 bridgehead atoms. The second kappa shape index (κ2) is 3.78. The molecule has 3 nitrogen and oxygen atoms in total. The van der Waals surface area contributed by atoms with E-state index in [4.69, 9.17) is 0 Å². The molecule has 0 radical (unpaired) electrons. The fourth-order valence-corrected chi connectivity index (χ4v) is 1.59. The zero-order valence-electron chi connectivity index (χ0n) is 6.78. The van der Waals surface area contributed by atoms with E-state index in [2.05, 4.69) is 41.9 Å². The second-order valence-corrected chi connectivity index (χ2v) is 4.27. The molecule has 6 heteroatoms. The summed E-state index contributed by atoms with van der Waals surface area (Å²) in [6.07, 6.45) is 3.15. The van der Waals surface area contributed by atoms with Gasteiger partial charge in [-0.1, -0.05) is 0 Å². The van der Waals surface area contributed by atoms with E-state index in [9.17, 15) is 4.39 Å². The van der Waals surface area contributed by atoms with Crippen LogP contribution in [-0.4, -0.2) is 14.8 Å². The van der Waals surface area contributed by atoms with E-state index in [0.717, 1.165) is 0 Å². The lowest BCUT2D eigenvalue weighted by molar-refractivity contribution is 0.599. The number of aromatic nitrogens is 3. The summed E-state index contributed by atoms with van der Waals surface area (Å²) in [5, 5.41) is 3.99. The SMILES string of the molecule is Fc1cc(Br)cnc1-n1ccc(Br)n1. The molecule has 2 aromatic heterocycles. The summed E-state index contributed by atoms with van der Waals surface area (Å²) < 4.78 is 16.0. The van der Waals surface area contributed by atoms with Crippen molar-refractivity contribution in [2.24, 2.45) is 0 Å². The van der Waals surface area contributed by atoms with E-state index in [1.165, 1.54) is 16.9 Å². The molecule has 2 aromatic rings. The monoisotopic (exact) mass is 319 g/mol. The first-order valence-corrected chi connectivity index (χ1v) is 5.28. The molecule has 0 N–H and O–H groups in total. The van der Waals surface area contributed by atoms with Gasteiger partial charge in [-0.05, 0) is 44.0 Å². The zero-order chi connectivity index (χ0) is 10.1. The van der Waals surface area contributed by atoms with Crippen molar-refractivity contribution in [3.8, 4) is 5.82 Å². The van der Waals surface area contributed by atoms with Crippen LogP contribution in [0.15, 0.2) is 33.6 Å². The Kier molecular flexibility index (Phi) is 2.64. The minimum atomic E-state index is -0.421. The van der Waals surface area contributed by atoms with Crippen molar-refractivity contribution in [2.45, 2.75) is 0 Å². The lowest BCUT2D eigenvalue weighted by Crippen LogP contribution is -2.01. The molecular weight excluding hydrogens is 317 g/mol. The van der Waals surface area contributed by atoms with Crippen LogP contribution in [0.5, 0.6) is 0 Å². The third-order valence-electron chi connectivity index (χ3n) is 1.56. The first-order valence-electron chi connectivity index (χ1n) is 3.69. The van der Waals surface area contributed by atoms with E-state index in [1.807, 2.05) is 0 Å². The highest BCUT2D eigenvalue weighted by molar-refractivity contribution is 9.10. The van der Waals surface area contributed by atoms with Gasteiger partial charge in [0.25, 0.3) is 0 Å². The van der Waals surface area contributed by atoms with Crippen LogP contribution in [0.2, 0.25) is 0 Å². The highest BCUT2D eigenvalue weighted by Crippen LogP contribution is 2.16. The number of hydrogen-bond donors (Lipinski definition) is 0. The predicted octanol–water partition coefficient (Wildman–Crippen LogP) is 2.93. The van der Waals surface area contributed by atoms with Crippen LogP contribution in [-0.2, 0) is 0 Å². The molecule has 0 spiro atoms. The van der Waals surface area contributed by atoms with Gasteiger partial charge in [0.1, 0.15) is 4.60 Å². The summed E-state index contributed by atoms with van der Waals surface area (Å²) in [6, 6.07) is 3.06. The van der Waals surface area contributed by atoms with Gasteiger partial charge in [-0.25, -0.2) is 14.1 Å². The molecule has 0 saturated carbocycles. The van der Waals surface area contributed by atoms with E-state index in [0.29, 0.717) is 9.08 Å². The summed E-state index contributed by atoms with van der Waals surface area (Å²) >= 11 is 6.31. The Balaban J connectivity index is 2.52. The molecule has 0 fully saturated rings. The Bertz CT molecular complexity index is 469. The van der Waals surface area contributed by atoms with Gasteiger partial charge >= 0.3 is 0 Å². The van der Waals surface area contributed by atoms with Gasteiger partial charge < -0.3 is 0 Å². The van der Waals surface area contributed by atoms with Crippen LogP contribution in [0, 0.1) is 5.82 Å². The molecule has 0 atom stereocenters. The van der Waals surface area contributed by atoms with Gasteiger partial charge in [0.05, 0.1) is 0 Å². The average Bonchev–Trinajstić information content (AvgIpc) is 2.51. The number of rotatable bonds is 1. The number of hydrogen-bond acceptors (Lipinski definition) is 2. The fourth-order valence-electron chi connectivity index (χ4n) is 0.996. The molecule has 0 aliphatic carbocycles. The third kappa shape index (κ3) is 1.85. The van der Waals surface area contributed by atoms with Crippen molar-refractivity contribution in [3.63, 3.8) is 0 Å². The predicted molar refractivity (Wildman–Crippen MR) is 56.7 cm³/mol. The van der Waals surface area contributed by atoms with Gasteiger partial charge in [0.2, 0.25) is 0 Å². The minimum absolute atomic E-state index is 0.180. The first kappa shape index (κ1) is 9.79. The van der Waals surface area contributed by atoms with E-state index in [1.54, 1.807) is 12.3 Å². The Morgan fingerprint density at radius 2 is 2.14 bits per heavy atom. The lowest BCUT2D eigenvalue weighted by atomic mass is 10.4. The second-order valence-electron chi connectivity index (χ2n) is 2.54. The topological polar surface area (TPSA) is 30.7 Å². The Morgan fingerprint density at radius 3 is 2.71 bits per heavy atom. The smallest absolute Gasteiger partial charge is 0.189 e. The normalized spacial score (nSPS) is 10.5. The van der Waals surface area contributed by atoms with Crippen molar-refractivity contribution in [2.75, 3.05) is 0 Å². The van der Waals surface area contributed by atoms with Crippen molar-refractivity contribution in [3.05, 3.63) is 39.4 Å². The standard InChI is InChI=1S/C8H4Br2FN3/c9-5-3-6(11)8(12-4-5)14-2-1-7(10)13-14/h1-4H. The molecule has 72 valence electrons. The molecule has 2 rings (SSSR count). The highest BCUT2D eigenvalue weighted by Gasteiger charge is 2.07. The van der Waals surface area contributed by atoms with Gasteiger partial charge in [-0.3, -0.25) is 0 Å². The molecule has 0 aliphatic heterocycles. The van der Waals surface area contributed by atoms with Crippen LogP contribution >= 0.6 is 31.9 Å². The molecule has 0 aliphatic rings. The number of nitrogens with zero attached hydrogens (tertiary/aromatic N) is 3. The zero-order valence-corrected chi connectivity index (χ0v) is 9.96. The van der Waals surface area contributed by atoms with Crippen LogP contribution < -0.4 is 0 Å². The summed E-state index contributed by atoms with van der Waals surface area (Å²) in [5.74, 6) is -0.242. The summed E-state index contributed by atoms with van der Waals surface area (Å²) in [6.45, 7) is 0. The first-order chi connectivity index (χ1) is 6.66. The lowest BCUT2D eigenvalue weighted by Gasteiger charge is -2.01. The molecule has 14 heavy (non-hydrogen) atoms. The van der Waals surface area contributed by atoms with Gasteiger partial charge in [-0.15, -0.1) is 0 Å². The van der Waals surface area contributed by atoms with Gasteiger partial charge in [-0.2, -0.15) is 5.10 Å². The van der Waals surface area contributed by atoms with Crippen molar-refractivity contribution in [1.82, 2.24) is 14.8 Å². The quantitative estimate of drug-likeness (QED) is 0.809. The molecule has 0 aromatic carbocycles. The average molecular weight is 321 g/mol. The Morgan fingerprint density at radius 1 is 1.36 bits per heavy atom. The maximum Gasteiger partial charge on any atom is 0.189 e. The molecule has 0 saturated heterocycles. The van der Waals surface area contributed by atoms with Crippen LogP contribution in [0.4, 0.5) is 4.39 Å². The van der Waals surface area contributed by atoms with E-state index < -0.39 is 5.82 Å². The third-order valence-corrected chi connectivity index (χ3v) is 2.42. The van der Waals surface area contributed by atoms with Crippen LogP contribution in [0.25, 0.3) is 5.82 Å². The summed E-state index contributed by atoms with van der Waals surface area (Å²) in [4.78, 5) is 3.92. The fraction of sp³-hybridized carbons (Fsp3) is 0. The summed E-state index contributed by atoms with van der Waals surface area (Å²) in [7, 11) is 0. The Hall–Kier alpha value is -0.750. The number of halogens is 3.